The maximum atomic E-state index is 13.0. The van der Waals surface area contributed by atoms with Crippen molar-refractivity contribution >= 4 is 10.0 Å². The van der Waals surface area contributed by atoms with Gasteiger partial charge in [-0.3, -0.25) is 4.90 Å². The van der Waals surface area contributed by atoms with E-state index in [1.54, 1.807) is 13.2 Å². The van der Waals surface area contributed by atoms with Gasteiger partial charge in [0.25, 0.3) is 0 Å². The Morgan fingerprint density at radius 3 is 2.41 bits per heavy atom. The maximum absolute atomic E-state index is 13.0. The van der Waals surface area contributed by atoms with Gasteiger partial charge in [-0.2, -0.15) is 0 Å². The lowest BCUT2D eigenvalue weighted by Crippen LogP contribution is -2.40. The van der Waals surface area contributed by atoms with E-state index in [0.717, 1.165) is 56.5 Å². The molecule has 1 saturated heterocycles. The van der Waals surface area contributed by atoms with Gasteiger partial charge in [-0.15, -0.1) is 0 Å². The van der Waals surface area contributed by atoms with E-state index >= 15 is 0 Å². The number of rotatable bonds is 7. The molecule has 0 amide bonds. The Morgan fingerprint density at radius 1 is 0.966 bits per heavy atom. The van der Waals surface area contributed by atoms with Crippen LogP contribution in [0.25, 0.3) is 0 Å². The van der Waals surface area contributed by atoms with Crippen LogP contribution in [0, 0.1) is 0 Å². The van der Waals surface area contributed by atoms with Crippen molar-refractivity contribution in [2.75, 3.05) is 26.7 Å². The molecule has 6 heteroatoms. The molecule has 0 radical (unpaired) electrons. The van der Waals surface area contributed by atoms with Crippen molar-refractivity contribution < 1.29 is 13.2 Å². The Labute approximate surface area is 174 Å². The van der Waals surface area contributed by atoms with Crippen LogP contribution in [0.15, 0.2) is 47.4 Å². The molecule has 1 fully saturated rings. The van der Waals surface area contributed by atoms with E-state index < -0.39 is 10.0 Å². The van der Waals surface area contributed by atoms with Crippen molar-refractivity contribution in [1.82, 2.24) is 9.62 Å². The van der Waals surface area contributed by atoms with E-state index in [9.17, 15) is 8.42 Å². The fraction of sp³-hybridized carbons (Fsp3) is 0.478. The summed E-state index contributed by atoms with van der Waals surface area (Å²) in [4.78, 5) is 2.78. The Balaban J connectivity index is 1.53. The number of hydrogen-bond acceptors (Lipinski definition) is 4. The minimum absolute atomic E-state index is 0.0189. The second kappa shape index (κ2) is 8.86. The van der Waals surface area contributed by atoms with E-state index in [2.05, 4.69) is 9.62 Å². The summed E-state index contributed by atoms with van der Waals surface area (Å²) in [5.74, 6) is 0.810. The molecule has 4 rings (SSSR count). The molecule has 1 aliphatic heterocycles. The molecule has 0 spiro atoms. The van der Waals surface area contributed by atoms with E-state index in [1.807, 2.05) is 36.4 Å². The van der Waals surface area contributed by atoms with Crippen LogP contribution in [0.2, 0.25) is 0 Å². The number of benzene rings is 2. The first-order valence-electron chi connectivity index (χ1n) is 10.6. The molecule has 2 aromatic rings. The Bertz CT molecular complexity index is 935. The fourth-order valence-corrected chi connectivity index (χ4v) is 5.59. The Kier molecular flexibility index (Phi) is 6.23. The largest absolute Gasteiger partial charge is 0.497 e. The number of nitrogens with zero attached hydrogens (tertiary/aromatic N) is 1. The molecule has 1 aliphatic carbocycles. The van der Waals surface area contributed by atoms with Crippen LogP contribution in [0.3, 0.4) is 0 Å². The second-order valence-corrected chi connectivity index (χ2v) is 9.79. The zero-order chi connectivity index (χ0) is 20.3. The lowest BCUT2D eigenvalue weighted by Gasteiger charge is -2.35. The third-order valence-electron chi connectivity index (χ3n) is 6.18. The molecule has 1 atom stereocenters. The number of ether oxygens (including phenoxy) is 1. The number of nitrogens with one attached hydrogen (secondary N) is 1. The monoisotopic (exact) mass is 414 g/mol. The molecule has 2 aromatic carbocycles. The van der Waals surface area contributed by atoms with Crippen LogP contribution < -0.4 is 9.46 Å². The number of hydrogen-bond donors (Lipinski definition) is 1. The average molecular weight is 415 g/mol. The van der Waals surface area contributed by atoms with Gasteiger partial charge in [-0.05, 0) is 86.1 Å². The summed E-state index contributed by atoms with van der Waals surface area (Å²) >= 11 is 0. The van der Waals surface area contributed by atoms with Gasteiger partial charge < -0.3 is 4.74 Å². The molecule has 2 aliphatic rings. The number of piperidine rings is 1. The number of likely N-dealkylation sites (tertiary alicyclic amines) is 1. The summed E-state index contributed by atoms with van der Waals surface area (Å²) in [5.41, 5.74) is 3.58. The van der Waals surface area contributed by atoms with Gasteiger partial charge in [0, 0.05) is 12.6 Å². The lowest BCUT2D eigenvalue weighted by molar-refractivity contribution is 0.164. The average Bonchev–Trinajstić information content (AvgIpc) is 3.23. The molecule has 29 heavy (non-hydrogen) atoms. The fourth-order valence-electron chi connectivity index (χ4n) is 4.50. The molecule has 0 saturated carbocycles. The van der Waals surface area contributed by atoms with Crippen molar-refractivity contribution in [3.05, 3.63) is 59.2 Å². The second-order valence-electron chi connectivity index (χ2n) is 8.02. The third kappa shape index (κ3) is 4.65. The molecule has 1 N–H and O–H groups in total. The highest BCUT2D eigenvalue weighted by atomic mass is 32.2. The van der Waals surface area contributed by atoms with Crippen molar-refractivity contribution in [3.63, 3.8) is 0 Å². The highest BCUT2D eigenvalue weighted by Gasteiger charge is 2.25. The molecule has 1 heterocycles. The van der Waals surface area contributed by atoms with Gasteiger partial charge in [0.2, 0.25) is 10.0 Å². The molecular formula is C23H30N2O3S. The van der Waals surface area contributed by atoms with Crippen molar-refractivity contribution in [1.29, 1.82) is 0 Å². The third-order valence-corrected chi connectivity index (χ3v) is 7.60. The molecule has 0 aromatic heterocycles. The Hall–Kier alpha value is -1.89. The van der Waals surface area contributed by atoms with Crippen LogP contribution in [-0.4, -0.2) is 40.1 Å². The van der Waals surface area contributed by atoms with Crippen LogP contribution in [0.1, 0.15) is 48.4 Å². The van der Waals surface area contributed by atoms with E-state index in [-0.39, 0.29) is 6.04 Å². The quantitative estimate of drug-likeness (QED) is 0.751. The van der Waals surface area contributed by atoms with E-state index in [1.165, 1.54) is 17.5 Å². The standard InChI is InChI=1S/C23H30N2O3S/c1-28-21-11-8-19(9-12-21)23(25-14-3-2-4-15-25)17-24-29(26,27)22-13-10-18-6-5-7-20(18)16-22/h8-13,16,23-24H,2-7,14-15,17H2,1H3. The summed E-state index contributed by atoms with van der Waals surface area (Å²) < 4.78 is 34.2. The van der Waals surface area contributed by atoms with Crippen LogP contribution in [-0.2, 0) is 22.9 Å². The summed E-state index contributed by atoms with van der Waals surface area (Å²) in [6.45, 7) is 2.36. The van der Waals surface area contributed by atoms with Gasteiger partial charge >= 0.3 is 0 Å². The zero-order valence-electron chi connectivity index (χ0n) is 17.1. The van der Waals surface area contributed by atoms with Gasteiger partial charge in [-0.25, -0.2) is 13.1 Å². The van der Waals surface area contributed by atoms with Gasteiger partial charge in [0.15, 0.2) is 0 Å². The summed E-state index contributed by atoms with van der Waals surface area (Å²) in [6.07, 6.45) is 6.69. The first kappa shape index (κ1) is 20.4. The molecule has 5 nitrogen and oxygen atoms in total. The summed E-state index contributed by atoms with van der Waals surface area (Å²) in [6, 6.07) is 13.6. The normalized spacial score (nSPS) is 18.4. The van der Waals surface area contributed by atoms with Gasteiger partial charge in [-0.1, -0.05) is 24.6 Å². The maximum Gasteiger partial charge on any atom is 0.240 e. The Morgan fingerprint density at radius 2 is 1.69 bits per heavy atom. The smallest absolute Gasteiger partial charge is 0.240 e. The topological polar surface area (TPSA) is 58.6 Å². The predicted molar refractivity (Wildman–Crippen MR) is 115 cm³/mol. The molecular weight excluding hydrogens is 384 g/mol. The van der Waals surface area contributed by atoms with Crippen LogP contribution >= 0.6 is 0 Å². The number of sulfonamides is 1. The first-order chi connectivity index (χ1) is 14.1. The van der Waals surface area contributed by atoms with E-state index in [0.29, 0.717) is 11.4 Å². The number of fused-ring (bicyclic) bond motifs is 1. The molecule has 156 valence electrons. The first-order valence-corrected chi connectivity index (χ1v) is 12.0. The number of methoxy groups -OCH3 is 1. The van der Waals surface area contributed by atoms with Crippen molar-refractivity contribution in [2.45, 2.75) is 49.5 Å². The summed E-state index contributed by atoms with van der Waals surface area (Å²) in [7, 11) is -1.88. The number of aryl methyl sites for hydroxylation is 2. The lowest BCUT2D eigenvalue weighted by atomic mass is 10.0. The van der Waals surface area contributed by atoms with Crippen LogP contribution in [0.5, 0.6) is 5.75 Å². The highest BCUT2D eigenvalue weighted by Crippen LogP contribution is 2.28. The SMILES string of the molecule is COc1ccc(C(CNS(=O)(=O)c2ccc3c(c2)CCC3)N2CCCCC2)cc1. The zero-order valence-corrected chi connectivity index (χ0v) is 17.9. The summed E-state index contributed by atoms with van der Waals surface area (Å²) in [5, 5.41) is 0. The van der Waals surface area contributed by atoms with Crippen molar-refractivity contribution in [2.24, 2.45) is 0 Å². The van der Waals surface area contributed by atoms with Gasteiger partial charge in [0.05, 0.1) is 12.0 Å². The molecule has 1 unspecified atom stereocenters. The predicted octanol–water partition coefficient (Wildman–Crippen LogP) is 3.69. The minimum atomic E-state index is -3.54. The van der Waals surface area contributed by atoms with Gasteiger partial charge in [0.1, 0.15) is 5.75 Å². The highest BCUT2D eigenvalue weighted by molar-refractivity contribution is 7.89. The molecule has 0 bridgehead atoms. The van der Waals surface area contributed by atoms with E-state index in [4.69, 9.17) is 4.74 Å². The van der Waals surface area contributed by atoms with Crippen molar-refractivity contribution in [3.8, 4) is 5.75 Å². The minimum Gasteiger partial charge on any atom is -0.497 e. The van der Waals surface area contributed by atoms with Crippen LogP contribution in [0.4, 0.5) is 0 Å².